The molecular weight excluding hydrogens is 340 g/mol. The van der Waals surface area contributed by atoms with Gasteiger partial charge in [-0.25, -0.2) is 13.4 Å². The second-order valence-corrected chi connectivity index (χ2v) is 8.38. The van der Waals surface area contributed by atoms with Gasteiger partial charge in [0.2, 0.25) is 10.0 Å². The third-order valence-electron chi connectivity index (χ3n) is 3.32. The maximum atomic E-state index is 11.5. The van der Waals surface area contributed by atoms with Gasteiger partial charge in [0.05, 0.1) is 24.7 Å². The first kappa shape index (κ1) is 20.7. The zero-order valence-corrected chi connectivity index (χ0v) is 16.4. The van der Waals surface area contributed by atoms with Crippen LogP contribution in [-0.4, -0.2) is 34.2 Å². The van der Waals surface area contributed by atoms with Gasteiger partial charge in [-0.15, -0.1) is 0 Å². The van der Waals surface area contributed by atoms with Crippen molar-refractivity contribution in [3.05, 3.63) is 35.3 Å². The van der Waals surface area contributed by atoms with Crippen molar-refractivity contribution in [3.8, 4) is 5.75 Å². The van der Waals surface area contributed by atoms with Crippen LogP contribution >= 0.6 is 0 Å². The molecule has 0 aromatic heterocycles. The Morgan fingerprint density at radius 1 is 1.32 bits per heavy atom. The normalized spacial score (nSPS) is 13.9. The van der Waals surface area contributed by atoms with E-state index >= 15 is 0 Å². The summed E-state index contributed by atoms with van der Waals surface area (Å²) >= 11 is 0. The molecule has 0 fully saturated rings. The van der Waals surface area contributed by atoms with E-state index in [4.69, 9.17) is 10.5 Å². The molecule has 0 bridgehead atoms. The van der Waals surface area contributed by atoms with E-state index in [1.165, 1.54) is 7.11 Å². The van der Waals surface area contributed by atoms with Gasteiger partial charge in [0.1, 0.15) is 11.6 Å². The number of anilines is 1. The Morgan fingerprint density at radius 3 is 2.36 bits per heavy atom. The largest absolute Gasteiger partial charge is 0.495 e. The summed E-state index contributed by atoms with van der Waals surface area (Å²) < 4.78 is 30.7. The van der Waals surface area contributed by atoms with Crippen molar-refractivity contribution < 1.29 is 13.2 Å². The summed E-state index contributed by atoms with van der Waals surface area (Å²) in [6.45, 7) is 11.2. The Labute approximate surface area is 149 Å². The number of nitrogens with zero attached hydrogens (tertiary/aromatic N) is 2. The van der Waals surface area contributed by atoms with Crippen LogP contribution in [0, 0.1) is 5.41 Å². The molecule has 0 spiro atoms. The third-order valence-corrected chi connectivity index (χ3v) is 3.91. The lowest BCUT2D eigenvalue weighted by molar-refractivity contribution is 0.417. The van der Waals surface area contributed by atoms with Crippen LogP contribution in [0.2, 0.25) is 0 Å². The van der Waals surface area contributed by atoms with Gasteiger partial charge in [-0.05, 0) is 37.4 Å². The number of hydrogen-bond donors (Lipinski definition) is 2. The van der Waals surface area contributed by atoms with Gasteiger partial charge in [0.25, 0.3) is 0 Å². The summed E-state index contributed by atoms with van der Waals surface area (Å²) in [6.07, 6.45) is 1.08. The molecule has 0 unspecified atom stereocenters. The molecule has 1 aromatic rings. The minimum atomic E-state index is -3.44. The Hall–Kier alpha value is -2.35. The van der Waals surface area contributed by atoms with Gasteiger partial charge < -0.3 is 10.5 Å². The zero-order chi connectivity index (χ0) is 19.4. The van der Waals surface area contributed by atoms with E-state index in [-0.39, 0.29) is 11.2 Å². The van der Waals surface area contributed by atoms with E-state index in [0.29, 0.717) is 22.8 Å². The molecule has 0 aliphatic rings. The van der Waals surface area contributed by atoms with Crippen molar-refractivity contribution in [2.75, 3.05) is 18.1 Å². The number of hydrogen-bond acceptors (Lipinski definition) is 6. The quantitative estimate of drug-likeness (QED) is 0.755. The lowest BCUT2D eigenvalue weighted by Gasteiger charge is -2.21. The van der Waals surface area contributed by atoms with E-state index in [9.17, 15) is 8.42 Å². The lowest BCUT2D eigenvalue weighted by atomic mass is 9.91. The fraction of sp³-hybridized carbons (Fsp3) is 0.412. The molecule has 0 radical (unpaired) electrons. The summed E-state index contributed by atoms with van der Waals surface area (Å²) in [4.78, 5) is 8.39. The minimum Gasteiger partial charge on any atom is -0.495 e. The highest BCUT2D eigenvalue weighted by Crippen LogP contribution is 2.30. The van der Waals surface area contributed by atoms with Crippen LogP contribution in [-0.2, 0) is 10.0 Å². The predicted octanol–water partition coefficient (Wildman–Crippen LogP) is 2.75. The third kappa shape index (κ3) is 5.90. The summed E-state index contributed by atoms with van der Waals surface area (Å²) in [6, 6.07) is 5.14. The zero-order valence-electron chi connectivity index (χ0n) is 15.5. The summed E-state index contributed by atoms with van der Waals surface area (Å²) in [5.41, 5.74) is 7.93. The van der Waals surface area contributed by atoms with Crippen molar-refractivity contribution in [2.45, 2.75) is 27.7 Å². The maximum Gasteiger partial charge on any atom is 0.229 e. The number of aliphatic imine (C=N–C) groups is 2. The lowest BCUT2D eigenvalue weighted by Crippen LogP contribution is -2.15. The van der Waals surface area contributed by atoms with Crippen LogP contribution in [0.1, 0.15) is 33.3 Å². The molecule has 0 aliphatic heterocycles. The second kappa shape index (κ2) is 7.69. The molecule has 138 valence electrons. The number of allylic oxidation sites excluding steroid dienone is 1. The maximum absolute atomic E-state index is 11.5. The first-order chi connectivity index (χ1) is 11.4. The molecule has 0 aliphatic carbocycles. The molecule has 8 heteroatoms. The Morgan fingerprint density at radius 2 is 1.92 bits per heavy atom. The Bertz CT molecular complexity index is 819. The SMILES string of the molecule is C=N/C(N)=C(\N=C(C)c1ccc(OC)c(NS(C)(=O)=O)c1)C(C)(C)C. The van der Waals surface area contributed by atoms with Crippen LogP contribution < -0.4 is 15.2 Å². The predicted molar refractivity (Wildman–Crippen MR) is 104 cm³/mol. The first-order valence-electron chi connectivity index (χ1n) is 7.57. The van der Waals surface area contributed by atoms with Crippen molar-refractivity contribution in [1.82, 2.24) is 0 Å². The van der Waals surface area contributed by atoms with E-state index < -0.39 is 10.0 Å². The smallest absolute Gasteiger partial charge is 0.229 e. The molecule has 25 heavy (non-hydrogen) atoms. The van der Waals surface area contributed by atoms with Gasteiger partial charge in [-0.3, -0.25) is 9.71 Å². The van der Waals surface area contributed by atoms with Gasteiger partial charge in [0.15, 0.2) is 0 Å². The van der Waals surface area contributed by atoms with E-state index in [2.05, 4.69) is 21.4 Å². The van der Waals surface area contributed by atoms with Crippen molar-refractivity contribution in [3.63, 3.8) is 0 Å². The molecule has 0 saturated heterocycles. The Kier molecular flexibility index (Phi) is 6.37. The second-order valence-electron chi connectivity index (χ2n) is 6.63. The molecule has 7 nitrogen and oxygen atoms in total. The molecule has 0 saturated carbocycles. The molecular formula is C17H26N4O3S. The molecule has 1 aromatic carbocycles. The molecule has 0 heterocycles. The number of methoxy groups -OCH3 is 1. The van der Waals surface area contributed by atoms with Crippen molar-refractivity contribution >= 4 is 28.1 Å². The standard InChI is InChI=1S/C17H26N4O3S/c1-11(20-15(16(18)19-5)17(2,3)4)12-8-9-14(24-6)13(10-12)21-25(7,22)23/h8-10,21H,5,18H2,1-4,6-7H3/b16-15-,20-11?. The number of ether oxygens (including phenoxy) is 1. The highest BCUT2D eigenvalue weighted by atomic mass is 32.2. The fourth-order valence-corrected chi connectivity index (χ4v) is 2.69. The monoisotopic (exact) mass is 366 g/mol. The number of benzene rings is 1. The van der Waals surface area contributed by atoms with Crippen molar-refractivity contribution in [2.24, 2.45) is 21.1 Å². The molecule has 0 atom stereocenters. The number of rotatable bonds is 6. The summed E-state index contributed by atoms with van der Waals surface area (Å²) in [7, 11) is -1.97. The van der Waals surface area contributed by atoms with Gasteiger partial charge in [-0.2, -0.15) is 0 Å². The number of sulfonamides is 1. The van der Waals surface area contributed by atoms with E-state index in [0.717, 1.165) is 11.8 Å². The first-order valence-corrected chi connectivity index (χ1v) is 9.46. The van der Waals surface area contributed by atoms with E-state index in [1.807, 2.05) is 27.7 Å². The van der Waals surface area contributed by atoms with E-state index in [1.54, 1.807) is 18.2 Å². The van der Waals surface area contributed by atoms with Crippen LogP contribution in [0.25, 0.3) is 0 Å². The topological polar surface area (TPSA) is 106 Å². The fourth-order valence-electron chi connectivity index (χ4n) is 2.13. The Balaban J connectivity index is 3.45. The van der Waals surface area contributed by atoms with Gasteiger partial charge in [-0.1, -0.05) is 20.8 Å². The average Bonchev–Trinajstić information content (AvgIpc) is 2.48. The van der Waals surface area contributed by atoms with Crippen LogP contribution in [0.3, 0.4) is 0 Å². The molecule has 0 amide bonds. The average molecular weight is 366 g/mol. The van der Waals surface area contributed by atoms with Crippen LogP contribution in [0.15, 0.2) is 39.7 Å². The number of nitrogens with two attached hydrogens (primary N) is 1. The van der Waals surface area contributed by atoms with Crippen LogP contribution in [0.4, 0.5) is 5.69 Å². The molecule has 1 rings (SSSR count). The minimum absolute atomic E-state index is 0.259. The van der Waals surface area contributed by atoms with Gasteiger partial charge in [0, 0.05) is 11.1 Å². The summed E-state index contributed by atoms with van der Waals surface area (Å²) in [5, 5.41) is 0. The van der Waals surface area contributed by atoms with Crippen LogP contribution in [0.5, 0.6) is 5.75 Å². The highest BCUT2D eigenvalue weighted by Gasteiger charge is 2.21. The molecule has 3 N–H and O–H groups in total. The number of nitrogens with one attached hydrogen (secondary N) is 1. The highest BCUT2D eigenvalue weighted by molar-refractivity contribution is 7.92. The van der Waals surface area contributed by atoms with Crippen molar-refractivity contribution in [1.29, 1.82) is 0 Å². The van der Waals surface area contributed by atoms with Gasteiger partial charge >= 0.3 is 0 Å². The summed E-state index contributed by atoms with van der Waals surface area (Å²) in [5.74, 6) is 0.677.